The molecule has 1 nitrogen and oxygen atoms in total. The van der Waals surface area contributed by atoms with Crippen molar-refractivity contribution >= 4 is 0 Å². The summed E-state index contributed by atoms with van der Waals surface area (Å²) < 4.78 is 0.744. The Bertz CT molecular complexity index is 109. The van der Waals surface area contributed by atoms with Crippen molar-refractivity contribution < 1.29 is 4.48 Å². The molecule has 0 amide bonds. The molecule has 0 aliphatic heterocycles. The highest BCUT2D eigenvalue weighted by Gasteiger charge is 1.97. The van der Waals surface area contributed by atoms with Crippen LogP contribution >= 0.6 is 0 Å². The first-order valence-corrected chi connectivity index (χ1v) is 2.88. The predicted molar refractivity (Wildman–Crippen MR) is 36.1 cm³/mol. The van der Waals surface area contributed by atoms with Crippen molar-refractivity contribution in [2.45, 2.75) is 13.3 Å². The SMILES string of the molecule is CCC#C[N+](C)(C)C. The summed E-state index contributed by atoms with van der Waals surface area (Å²) in [7, 11) is 6.17. The molecule has 0 saturated heterocycles. The molecule has 0 atom stereocenters. The third-order valence-corrected chi connectivity index (χ3v) is 0.591. The second kappa shape index (κ2) is 2.74. The number of quaternary nitrogens is 1. The maximum Gasteiger partial charge on any atom is 0.136 e. The second-order valence-electron chi connectivity index (χ2n) is 2.65. The fourth-order valence-corrected chi connectivity index (χ4v) is 0.316. The van der Waals surface area contributed by atoms with Crippen molar-refractivity contribution in [3.63, 3.8) is 0 Å². The molecule has 8 heavy (non-hydrogen) atoms. The summed E-state index contributed by atoms with van der Waals surface area (Å²) in [6.45, 7) is 2.06. The Morgan fingerprint density at radius 1 is 1.25 bits per heavy atom. The van der Waals surface area contributed by atoms with Gasteiger partial charge in [0, 0.05) is 6.42 Å². The van der Waals surface area contributed by atoms with Crippen LogP contribution < -0.4 is 0 Å². The lowest BCUT2D eigenvalue weighted by Gasteiger charge is -2.11. The minimum atomic E-state index is 0.744. The maximum atomic E-state index is 3.06. The van der Waals surface area contributed by atoms with Crippen molar-refractivity contribution in [3.8, 4) is 12.0 Å². The Labute approximate surface area is 51.9 Å². The number of nitrogens with zero attached hydrogens (tertiary/aromatic N) is 1. The molecule has 0 N–H and O–H groups in total. The molecule has 0 bridgehead atoms. The van der Waals surface area contributed by atoms with E-state index in [0.29, 0.717) is 0 Å². The van der Waals surface area contributed by atoms with Crippen LogP contribution in [0.2, 0.25) is 0 Å². The average molecular weight is 112 g/mol. The molecule has 0 saturated carbocycles. The van der Waals surface area contributed by atoms with E-state index in [0.717, 1.165) is 10.9 Å². The van der Waals surface area contributed by atoms with Crippen LogP contribution in [-0.4, -0.2) is 25.6 Å². The van der Waals surface area contributed by atoms with Gasteiger partial charge in [-0.2, -0.15) is 0 Å². The molecule has 0 aromatic carbocycles. The van der Waals surface area contributed by atoms with Gasteiger partial charge in [-0.25, -0.2) is 0 Å². The molecule has 0 aromatic heterocycles. The topological polar surface area (TPSA) is 0 Å². The molecule has 0 heterocycles. The summed E-state index contributed by atoms with van der Waals surface area (Å²) in [5, 5.41) is 0. The maximum absolute atomic E-state index is 3.06. The van der Waals surface area contributed by atoms with Gasteiger partial charge in [-0.05, 0) is 5.92 Å². The van der Waals surface area contributed by atoms with E-state index >= 15 is 0 Å². The summed E-state index contributed by atoms with van der Waals surface area (Å²) in [5.74, 6) is 3.01. The van der Waals surface area contributed by atoms with Crippen molar-refractivity contribution in [2.75, 3.05) is 21.1 Å². The Morgan fingerprint density at radius 2 is 1.75 bits per heavy atom. The highest BCUT2D eigenvalue weighted by atomic mass is 15.3. The summed E-state index contributed by atoms with van der Waals surface area (Å²) >= 11 is 0. The summed E-state index contributed by atoms with van der Waals surface area (Å²) in [6.07, 6.45) is 0.954. The van der Waals surface area contributed by atoms with Gasteiger partial charge in [-0.1, -0.05) is 6.92 Å². The van der Waals surface area contributed by atoms with Gasteiger partial charge in [0.25, 0.3) is 0 Å². The fraction of sp³-hybridized carbons (Fsp3) is 0.714. The van der Waals surface area contributed by atoms with Gasteiger partial charge < -0.3 is 0 Å². The lowest BCUT2D eigenvalue weighted by Crippen LogP contribution is -2.27. The van der Waals surface area contributed by atoms with Crippen molar-refractivity contribution in [3.05, 3.63) is 0 Å². The van der Waals surface area contributed by atoms with E-state index in [-0.39, 0.29) is 0 Å². The summed E-state index contributed by atoms with van der Waals surface area (Å²) in [6, 6.07) is 3.06. The van der Waals surface area contributed by atoms with Gasteiger partial charge in [0.2, 0.25) is 0 Å². The molecule has 0 aromatic rings. The molecular weight excluding hydrogens is 98.1 g/mol. The molecule has 0 fully saturated rings. The third-order valence-electron chi connectivity index (χ3n) is 0.591. The minimum Gasteiger partial charge on any atom is -0.254 e. The monoisotopic (exact) mass is 112 g/mol. The highest BCUT2D eigenvalue weighted by Crippen LogP contribution is 1.83. The van der Waals surface area contributed by atoms with Gasteiger partial charge in [-0.15, -0.1) is 0 Å². The van der Waals surface area contributed by atoms with E-state index in [1.807, 2.05) is 0 Å². The summed E-state index contributed by atoms with van der Waals surface area (Å²) in [4.78, 5) is 0. The van der Waals surface area contributed by atoms with E-state index in [9.17, 15) is 0 Å². The van der Waals surface area contributed by atoms with Crippen LogP contribution in [0, 0.1) is 12.0 Å². The molecule has 0 rings (SSSR count). The van der Waals surface area contributed by atoms with Crippen LogP contribution in [0.3, 0.4) is 0 Å². The van der Waals surface area contributed by atoms with Gasteiger partial charge in [0.15, 0.2) is 0 Å². The zero-order chi connectivity index (χ0) is 6.62. The van der Waals surface area contributed by atoms with Crippen LogP contribution in [0.25, 0.3) is 0 Å². The van der Waals surface area contributed by atoms with Crippen LogP contribution in [-0.2, 0) is 0 Å². The third kappa shape index (κ3) is 5.52. The summed E-state index contributed by atoms with van der Waals surface area (Å²) in [5.41, 5.74) is 0. The number of hydrogen-bond acceptors (Lipinski definition) is 0. The lowest BCUT2D eigenvalue weighted by atomic mass is 10.5. The number of rotatable bonds is 0. The largest absolute Gasteiger partial charge is 0.254 e. The molecule has 0 aliphatic carbocycles. The van der Waals surface area contributed by atoms with Crippen LogP contribution in [0.15, 0.2) is 0 Å². The molecule has 46 valence electrons. The van der Waals surface area contributed by atoms with E-state index in [1.54, 1.807) is 0 Å². The predicted octanol–water partition coefficient (Wildman–Crippen LogP) is 1.06. The van der Waals surface area contributed by atoms with Crippen LogP contribution in [0.5, 0.6) is 0 Å². The van der Waals surface area contributed by atoms with Gasteiger partial charge in [0.1, 0.15) is 6.04 Å². The first-order chi connectivity index (χ1) is 3.56. The Balaban J connectivity index is 3.69. The van der Waals surface area contributed by atoms with E-state index in [2.05, 4.69) is 40.0 Å². The van der Waals surface area contributed by atoms with Gasteiger partial charge in [0.05, 0.1) is 21.1 Å². The molecular formula is C7H14N+. The molecule has 1 heteroatoms. The molecule has 0 unspecified atom stereocenters. The average Bonchev–Trinajstić information content (AvgIpc) is 1.59. The van der Waals surface area contributed by atoms with Crippen molar-refractivity contribution in [2.24, 2.45) is 0 Å². The minimum absolute atomic E-state index is 0.744. The molecule has 0 aliphatic rings. The first kappa shape index (κ1) is 7.52. The zero-order valence-corrected chi connectivity index (χ0v) is 6.15. The van der Waals surface area contributed by atoms with Gasteiger partial charge >= 0.3 is 0 Å². The smallest absolute Gasteiger partial charge is 0.136 e. The zero-order valence-electron chi connectivity index (χ0n) is 6.15. The first-order valence-electron chi connectivity index (χ1n) is 2.88. The van der Waals surface area contributed by atoms with E-state index in [1.165, 1.54) is 0 Å². The van der Waals surface area contributed by atoms with E-state index in [4.69, 9.17) is 0 Å². The van der Waals surface area contributed by atoms with Crippen molar-refractivity contribution in [1.82, 2.24) is 0 Å². The Hall–Kier alpha value is -0.480. The van der Waals surface area contributed by atoms with Crippen LogP contribution in [0.4, 0.5) is 0 Å². The normalized spacial score (nSPS) is 10.0. The Kier molecular flexibility index (Phi) is 2.57. The lowest BCUT2D eigenvalue weighted by molar-refractivity contribution is -0.800. The fourth-order valence-electron chi connectivity index (χ4n) is 0.316. The molecule has 0 radical (unpaired) electrons. The molecule has 0 spiro atoms. The standard InChI is InChI=1S/C7H14N/c1-5-6-7-8(2,3)4/h5H2,1-4H3/q+1. The second-order valence-corrected chi connectivity index (χ2v) is 2.65. The Morgan fingerprint density at radius 3 is 1.88 bits per heavy atom. The van der Waals surface area contributed by atoms with Gasteiger partial charge in [-0.3, -0.25) is 4.48 Å². The van der Waals surface area contributed by atoms with Crippen molar-refractivity contribution in [1.29, 1.82) is 0 Å². The highest BCUT2D eigenvalue weighted by molar-refractivity contribution is 4.89. The quantitative estimate of drug-likeness (QED) is 0.325. The number of hydrogen-bond donors (Lipinski definition) is 0. The van der Waals surface area contributed by atoms with Crippen LogP contribution in [0.1, 0.15) is 13.3 Å². The van der Waals surface area contributed by atoms with E-state index < -0.39 is 0 Å².